The molecule has 0 radical (unpaired) electrons. The van der Waals surface area contributed by atoms with Crippen LogP contribution >= 0.6 is 27.7 Å². The van der Waals surface area contributed by atoms with Crippen LogP contribution in [0.1, 0.15) is 11.1 Å². The average Bonchev–Trinajstić information content (AvgIpc) is 3.25. The second-order valence-electron chi connectivity index (χ2n) is 7.03. The molecule has 1 aromatic heterocycles. The second-order valence-corrected chi connectivity index (χ2v) is 8.91. The Morgan fingerprint density at radius 1 is 1.26 bits per heavy atom. The number of fused-ring (bicyclic) bond motifs is 1. The Labute approximate surface area is 207 Å². The predicted molar refractivity (Wildman–Crippen MR) is 134 cm³/mol. The lowest BCUT2D eigenvalue weighted by Crippen LogP contribution is -1.99. The van der Waals surface area contributed by atoms with Gasteiger partial charge in [-0.3, -0.25) is 10.1 Å². The normalized spacial score (nSPS) is 11.3. The molecular formula is C24H17BrN4O4S. The fourth-order valence-corrected chi connectivity index (χ4v) is 4.48. The summed E-state index contributed by atoms with van der Waals surface area (Å²) in [5.41, 5.74) is 3.28. The van der Waals surface area contributed by atoms with Crippen LogP contribution in [0, 0.1) is 21.4 Å². The molecule has 0 aliphatic carbocycles. The van der Waals surface area contributed by atoms with E-state index in [0.29, 0.717) is 26.0 Å². The van der Waals surface area contributed by atoms with Crippen LogP contribution in [0.4, 0.5) is 5.69 Å². The Hall–Kier alpha value is -3.81. The van der Waals surface area contributed by atoms with Gasteiger partial charge in [-0.15, -0.1) is 0 Å². The molecule has 34 heavy (non-hydrogen) atoms. The highest BCUT2D eigenvalue weighted by Gasteiger charge is 2.13. The molecule has 0 unspecified atom stereocenters. The lowest BCUT2D eigenvalue weighted by atomic mass is 10.2. The number of aromatic nitrogens is 2. The van der Waals surface area contributed by atoms with E-state index in [1.54, 1.807) is 24.3 Å². The Balaban J connectivity index is 1.53. The molecule has 1 N–H and O–H groups in total. The maximum absolute atomic E-state index is 10.8. The van der Waals surface area contributed by atoms with Gasteiger partial charge < -0.3 is 14.5 Å². The maximum atomic E-state index is 10.8. The first-order valence-electron chi connectivity index (χ1n) is 9.95. The number of thioether (sulfide) groups is 1. The number of hydrogen-bond acceptors (Lipinski definition) is 7. The van der Waals surface area contributed by atoms with Gasteiger partial charge in [-0.2, -0.15) is 5.26 Å². The lowest BCUT2D eigenvalue weighted by molar-refractivity contribution is -0.384. The number of nitro groups is 1. The summed E-state index contributed by atoms with van der Waals surface area (Å²) in [4.78, 5) is 18.5. The summed E-state index contributed by atoms with van der Waals surface area (Å²) < 4.78 is 12.1. The minimum Gasteiger partial charge on any atom is -0.493 e. The highest BCUT2D eigenvalue weighted by atomic mass is 79.9. The molecule has 10 heteroatoms. The molecule has 0 fully saturated rings. The zero-order valence-electron chi connectivity index (χ0n) is 17.8. The summed E-state index contributed by atoms with van der Waals surface area (Å²) in [5.74, 6) is 0.968. The molecule has 8 nitrogen and oxygen atoms in total. The molecule has 0 bridgehead atoms. The van der Waals surface area contributed by atoms with Crippen molar-refractivity contribution in [3.05, 3.63) is 91.3 Å². The zero-order chi connectivity index (χ0) is 24.1. The van der Waals surface area contributed by atoms with Crippen LogP contribution < -0.4 is 9.47 Å². The standard InChI is InChI=1S/C24H17BrN4O4S/c1-32-22-12-16(10-18(13-26)34-24-27-20-4-2-3-5-21(20)28-24)11-19(25)23(22)33-14-15-6-8-17(9-7-15)29(30)31/h2-12H,14H2,1H3,(H,27,28)/b18-10+. The monoisotopic (exact) mass is 536 g/mol. The van der Waals surface area contributed by atoms with Crippen LogP contribution in [0.25, 0.3) is 17.1 Å². The van der Waals surface area contributed by atoms with Gasteiger partial charge in [-0.25, -0.2) is 4.98 Å². The Morgan fingerprint density at radius 3 is 2.71 bits per heavy atom. The fraction of sp³-hybridized carbons (Fsp3) is 0.0833. The van der Waals surface area contributed by atoms with Crippen molar-refractivity contribution < 1.29 is 14.4 Å². The zero-order valence-corrected chi connectivity index (χ0v) is 20.2. The van der Waals surface area contributed by atoms with Gasteiger partial charge in [0.1, 0.15) is 12.7 Å². The minimum absolute atomic E-state index is 0.0208. The molecule has 0 spiro atoms. The molecule has 0 atom stereocenters. The van der Waals surface area contributed by atoms with Gasteiger partial charge in [-0.05, 0) is 81.3 Å². The number of imidazole rings is 1. The van der Waals surface area contributed by atoms with Crippen molar-refractivity contribution in [3.63, 3.8) is 0 Å². The van der Waals surface area contributed by atoms with Crippen LogP contribution in [-0.2, 0) is 6.61 Å². The number of halogens is 1. The second kappa shape index (κ2) is 10.4. The number of nitriles is 1. The predicted octanol–water partition coefficient (Wildman–Crippen LogP) is 6.48. The molecule has 0 saturated heterocycles. The van der Waals surface area contributed by atoms with E-state index in [1.807, 2.05) is 30.3 Å². The Morgan fingerprint density at radius 2 is 2.03 bits per heavy atom. The van der Waals surface area contributed by atoms with Crippen molar-refractivity contribution in [1.29, 1.82) is 5.26 Å². The third kappa shape index (κ3) is 5.39. The first-order valence-corrected chi connectivity index (χ1v) is 11.6. The number of hydrogen-bond donors (Lipinski definition) is 1. The number of nitrogens with zero attached hydrogens (tertiary/aromatic N) is 3. The Kier molecular flexibility index (Phi) is 7.15. The topological polar surface area (TPSA) is 114 Å². The molecule has 3 aromatic carbocycles. The molecular weight excluding hydrogens is 520 g/mol. The number of methoxy groups -OCH3 is 1. The molecule has 0 amide bonds. The van der Waals surface area contributed by atoms with Crippen molar-refractivity contribution in [2.24, 2.45) is 0 Å². The van der Waals surface area contributed by atoms with E-state index in [1.165, 1.54) is 31.0 Å². The number of aromatic amines is 1. The minimum atomic E-state index is -0.446. The van der Waals surface area contributed by atoms with Gasteiger partial charge in [0, 0.05) is 12.1 Å². The van der Waals surface area contributed by atoms with Crippen molar-refractivity contribution in [2.75, 3.05) is 7.11 Å². The largest absolute Gasteiger partial charge is 0.493 e. The quantitative estimate of drug-likeness (QED) is 0.118. The number of rotatable bonds is 8. The molecule has 0 aliphatic heterocycles. The average molecular weight is 537 g/mol. The Bertz CT molecular complexity index is 1390. The number of nitrogens with one attached hydrogen (secondary N) is 1. The summed E-state index contributed by atoms with van der Waals surface area (Å²) >= 11 is 4.75. The van der Waals surface area contributed by atoms with Crippen LogP contribution in [0.2, 0.25) is 0 Å². The smallest absolute Gasteiger partial charge is 0.269 e. The number of para-hydroxylation sites is 2. The van der Waals surface area contributed by atoms with E-state index in [4.69, 9.17) is 9.47 Å². The van der Waals surface area contributed by atoms with E-state index in [2.05, 4.69) is 32.0 Å². The van der Waals surface area contributed by atoms with Crippen LogP contribution in [-0.4, -0.2) is 22.0 Å². The van der Waals surface area contributed by atoms with Crippen molar-refractivity contribution in [1.82, 2.24) is 9.97 Å². The van der Waals surface area contributed by atoms with Crippen molar-refractivity contribution >= 4 is 50.5 Å². The van der Waals surface area contributed by atoms with Gasteiger partial charge in [-0.1, -0.05) is 12.1 Å². The number of nitro benzene ring substituents is 1. The first kappa shape index (κ1) is 23.4. The number of H-pyrrole nitrogens is 1. The highest BCUT2D eigenvalue weighted by Crippen LogP contribution is 2.38. The van der Waals surface area contributed by atoms with Gasteiger partial charge in [0.05, 0.1) is 32.4 Å². The highest BCUT2D eigenvalue weighted by molar-refractivity contribution is 9.10. The van der Waals surface area contributed by atoms with Crippen LogP contribution in [0.5, 0.6) is 11.5 Å². The number of allylic oxidation sites excluding steroid dienone is 1. The van der Waals surface area contributed by atoms with Gasteiger partial charge in [0.15, 0.2) is 16.7 Å². The molecule has 4 rings (SSSR count). The van der Waals surface area contributed by atoms with E-state index in [-0.39, 0.29) is 12.3 Å². The summed E-state index contributed by atoms with van der Waals surface area (Å²) in [6.45, 7) is 0.202. The summed E-state index contributed by atoms with van der Waals surface area (Å²) in [6.07, 6.45) is 1.74. The molecule has 1 heterocycles. The number of benzene rings is 3. The molecule has 0 saturated carbocycles. The molecule has 4 aromatic rings. The van der Waals surface area contributed by atoms with Crippen LogP contribution in [0.3, 0.4) is 0 Å². The van der Waals surface area contributed by atoms with E-state index in [0.717, 1.165) is 22.2 Å². The third-order valence-corrected chi connectivity index (χ3v) is 6.17. The first-order chi connectivity index (χ1) is 16.5. The van der Waals surface area contributed by atoms with Crippen molar-refractivity contribution in [3.8, 4) is 17.6 Å². The van der Waals surface area contributed by atoms with Crippen molar-refractivity contribution in [2.45, 2.75) is 11.8 Å². The summed E-state index contributed by atoms with van der Waals surface area (Å²) in [7, 11) is 1.53. The fourth-order valence-electron chi connectivity index (χ4n) is 3.15. The summed E-state index contributed by atoms with van der Waals surface area (Å²) in [6, 6.07) is 19.6. The number of non-ortho nitro benzene ring substituents is 1. The molecule has 0 aliphatic rings. The maximum Gasteiger partial charge on any atom is 0.269 e. The van der Waals surface area contributed by atoms with Gasteiger partial charge >= 0.3 is 0 Å². The number of ether oxygens (including phenoxy) is 2. The van der Waals surface area contributed by atoms with Gasteiger partial charge in [0.25, 0.3) is 5.69 Å². The van der Waals surface area contributed by atoms with E-state index >= 15 is 0 Å². The molecule has 170 valence electrons. The van der Waals surface area contributed by atoms with Crippen LogP contribution in [0.15, 0.2) is 75.2 Å². The third-order valence-electron chi connectivity index (χ3n) is 4.76. The lowest BCUT2D eigenvalue weighted by Gasteiger charge is -2.14. The van der Waals surface area contributed by atoms with E-state index in [9.17, 15) is 15.4 Å². The van der Waals surface area contributed by atoms with Gasteiger partial charge in [0.2, 0.25) is 0 Å². The summed E-state index contributed by atoms with van der Waals surface area (Å²) in [5, 5.41) is 21.1. The SMILES string of the molecule is COc1cc(/C=C(\C#N)Sc2nc3ccccc3[nH]2)cc(Br)c1OCc1ccc([N+](=O)[O-])cc1. The van der Waals surface area contributed by atoms with E-state index < -0.39 is 4.92 Å².